The first-order valence-electron chi connectivity index (χ1n) is 37.7. The summed E-state index contributed by atoms with van der Waals surface area (Å²) in [5, 5.41) is 56.8. The number of carbonyl (C=O) groups excluding carboxylic acids is 9. The van der Waals surface area contributed by atoms with Crippen molar-refractivity contribution in [2.75, 3.05) is 54.3 Å². The van der Waals surface area contributed by atoms with E-state index in [2.05, 4.69) is 5.48 Å². The van der Waals surface area contributed by atoms with Gasteiger partial charge in [0.25, 0.3) is 0 Å². The molecule has 7 N–H and O–H groups in total. The highest BCUT2D eigenvalue weighted by Gasteiger charge is 2.77. The van der Waals surface area contributed by atoms with Crippen LogP contribution in [0.5, 0.6) is 0 Å². The molecule has 2 aromatic carbocycles. The lowest BCUT2D eigenvalue weighted by molar-refractivity contribution is -0.302. The minimum atomic E-state index is -1.71. The highest BCUT2D eigenvalue weighted by atomic mass is 16.6. The van der Waals surface area contributed by atoms with Gasteiger partial charge in [0, 0.05) is 101 Å². The van der Waals surface area contributed by atoms with Gasteiger partial charge in [0.1, 0.15) is 39.0 Å². The summed E-state index contributed by atoms with van der Waals surface area (Å²) in [6, 6.07) is 17.7. The SMILES string of the molecule is CCC(=O)O[C@H]1C(=O)[C@]2(C)[C@@H](OC(=O)N(C)C)C[C@H]3OC[C@@]3(C)[C@H]2[C@H](C)[C@]2(O)C[C@H](OC(=O)[C@H](O)[C@@H]([B]CNO)c3ccccc3)C(C)=C1C2(C)C.CCC(=O)O[C@H]1C(=O)[C@]2(C)[C@@H](OC(=O)N(C)C)C[C@H]3OC[C@@]3(C)[C@H]2[C@H](C)[C@]2(O)C[C@H](OC(=O)[C@H](OC(=O)CC)[C@@H]([B]CNO)c3ccccc3)C(C)=C1C2(C)C. The Hall–Kier alpha value is -7.08. The molecule has 2 radical (unpaired) electrons. The summed E-state index contributed by atoms with van der Waals surface area (Å²) >= 11 is 0. The maximum atomic E-state index is 15.6. The van der Waals surface area contributed by atoms with Crippen LogP contribution in [0.25, 0.3) is 0 Å². The molecule has 0 unspecified atom stereocenters. The number of hydrogen-bond acceptors (Lipinski definition) is 25. The highest BCUT2D eigenvalue weighted by molar-refractivity contribution is 6.39. The second-order valence-electron chi connectivity index (χ2n) is 33.2. The van der Waals surface area contributed by atoms with Crippen molar-refractivity contribution >= 4 is 68.2 Å². The number of nitrogens with one attached hydrogen (secondary N) is 2. The fourth-order valence-electron chi connectivity index (χ4n) is 20.1. The molecule has 4 bridgehead atoms. The van der Waals surface area contributed by atoms with Crippen LogP contribution in [0.4, 0.5) is 9.59 Å². The number of Topliss-reactive ketones (excluding diaryl/α,β-unsaturated/α-hetero) is 2. The molecule has 22 atom stereocenters. The van der Waals surface area contributed by atoms with Gasteiger partial charge in [0.2, 0.25) is 0 Å². The number of nitrogens with zero attached hydrogens (tertiary/aromatic N) is 2. The molecule has 10 rings (SSSR count). The zero-order chi connectivity index (χ0) is 80.1. The van der Waals surface area contributed by atoms with Crippen molar-refractivity contribution in [2.24, 2.45) is 56.2 Å². The van der Waals surface area contributed by atoms with Crippen molar-refractivity contribution in [3.63, 3.8) is 0 Å². The number of ketones is 2. The summed E-state index contributed by atoms with van der Waals surface area (Å²) in [6.45, 7) is 27.3. The predicted octanol–water partition coefficient (Wildman–Crippen LogP) is 7.28. The first-order valence-corrected chi connectivity index (χ1v) is 37.7. The van der Waals surface area contributed by atoms with Crippen molar-refractivity contribution in [1.82, 2.24) is 20.8 Å². The van der Waals surface area contributed by atoms with Crippen molar-refractivity contribution < 1.29 is 112 Å². The molecule has 108 heavy (non-hydrogen) atoms. The van der Waals surface area contributed by atoms with Crippen molar-refractivity contribution in [3.8, 4) is 0 Å². The number of fused-ring (bicyclic) bond motifs is 10. The van der Waals surface area contributed by atoms with Crippen LogP contribution in [0.2, 0.25) is 0 Å². The van der Waals surface area contributed by atoms with Crippen molar-refractivity contribution in [1.29, 1.82) is 0 Å². The second kappa shape index (κ2) is 32.3. The zero-order valence-corrected chi connectivity index (χ0v) is 65.9. The van der Waals surface area contributed by atoms with Gasteiger partial charge in [0.05, 0.1) is 47.5 Å². The van der Waals surface area contributed by atoms with E-state index in [-0.39, 0.29) is 76.1 Å². The van der Waals surface area contributed by atoms with Crippen LogP contribution in [-0.2, 0) is 76.2 Å². The molecule has 4 saturated carbocycles. The summed E-state index contributed by atoms with van der Waals surface area (Å²) in [6.07, 6.45) is -12.5. The second-order valence-corrected chi connectivity index (χ2v) is 33.2. The van der Waals surface area contributed by atoms with E-state index < -0.39 is 188 Å². The molecule has 8 aliphatic rings. The smallest absolute Gasteiger partial charge is 0.409 e. The van der Waals surface area contributed by atoms with E-state index in [1.54, 1.807) is 166 Å². The molecule has 2 aromatic rings. The monoisotopic (exact) mass is 1510 g/mol. The van der Waals surface area contributed by atoms with Crippen LogP contribution in [-0.4, -0.2) is 230 Å². The highest BCUT2D eigenvalue weighted by Crippen LogP contribution is 2.70. The number of aliphatic hydroxyl groups is 3. The third-order valence-corrected chi connectivity index (χ3v) is 26.2. The predicted molar refractivity (Wildman–Crippen MR) is 392 cm³/mol. The lowest BCUT2D eigenvalue weighted by Crippen LogP contribution is -2.75. The third-order valence-electron chi connectivity index (χ3n) is 26.2. The fraction of sp³-hybridized carbons (Fsp3) is 0.684. The van der Waals surface area contributed by atoms with Crippen LogP contribution < -0.4 is 11.0 Å². The number of rotatable bonds is 22. The Morgan fingerprint density at radius 2 is 0.907 bits per heavy atom. The van der Waals surface area contributed by atoms with E-state index in [4.69, 9.17) is 42.6 Å². The first-order chi connectivity index (χ1) is 50.5. The topological polar surface area (TPSA) is 368 Å². The van der Waals surface area contributed by atoms with Gasteiger partial charge in [-0.1, -0.05) is 137 Å². The quantitative estimate of drug-likeness (QED) is 0.0200. The largest absolute Gasteiger partial charge is 0.456 e. The number of aliphatic hydroxyl groups excluding tert-OH is 1. The van der Waals surface area contributed by atoms with E-state index in [9.17, 15) is 59.3 Å². The van der Waals surface area contributed by atoms with Crippen LogP contribution in [0, 0.1) is 56.2 Å². The first kappa shape index (κ1) is 84.9. The number of benzene rings is 2. The minimum Gasteiger partial charge on any atom is -0.456 e. The van der Waals surface area contributed by atoms with Gasteiger partial charge in [-0.2, -0.15) is 0 Å². The molecule has 2 amide bonds. The molecule has 2 aliphatic heterocycles. The molecule has 592 valence electrons. The number of hydroxylamine groups is 2. The normalized spacial score (nSPS) is 35.1. The zero-order valence-electron chi connectivity index (χ0n) is 65.9. The standard InChI is InChI=1S/C41H58BN2O12.C38H54BN2O11/c1-11-28(45)55-32-30-22(3)25(53-36(48)33(56-29(46)12-2)31(42-21-43-51)24-16-14-13-15-17-24)19-41(50,38(30,5)6)23(4)34-39(7)20-52-26(39)18-27(40(34,8)35(32)47)54-37(49)44(9)10;1-10-26(42)52-30-27-20(2)23(50-33(45)29(43)28(39-19-40-48)22-14-12-11-13-15-22)17-38(47,35(27,4)5)21(3)31-36(6)18-49-24(36)16-25(37(31,7)32(30)44)51-34(46)41(8)9/h13-17,23,25-27,31-34,43,50-51H,11-12,18-21H2,1-10H3;11-15,21,23-25,28-31,40,43,47-48H,10,16-19H2,1-9H3/t23-,25-,26+,27-,31-,32+,33+,34+,39+,40+,41+;21-,23-,24+,25-,28-,29+,30+,31+,36+,37+,38+/m00/s1. The molecule has 6 fully saturated rings. The maximum Gasteiger partial charge on any atom is 0.409 e. The summed E-state index contributed by atoms with van der Waals surface area (Å²) in [4.78, 5) is 127. The molecule has 6 aliphatic carbocycles. The average Bonchev–Trinajstić information content (AvgIpc) is 0.678. The number of esters is 5. The summed E-state index contributed by atoms with van der Waals surface area (Å²) in [7, 11) is 9.34. The number of hydrogen-bond donors (Lipinski definition) is 7. The lowest BCUT2D eigenvalue weighted by atomic mass is 9.40. The molecule has 2 saturated heterocycles. The van der Waals surface area contributed by atoms with Crippen molar-refractivity contribution in [3.05, 3.63) is 94.1 Å². The number of carbonyl (C=O) groups is 9. The van der Waals surface area contributed by atoms with Gasteiger partial charge < -0.3 is 78.2 Å². The van der Waals surface area contributed by atoms with E-state index in [0.717, 1.165) is 0 Å². The summed E-state index contributed by atoms with van der Waals surface area (Å²) in [5.74, 6) is -9.17. The van der Waals surface area contributed by atoms with Crippen molar-refractivity contribution in [2.45, 2.75) is 233 Å². The Balaban J connectivity index is 0.000000250. The number of amides is 2. The summed E-state index contributed by atoms with van der Waals surface area (Å²) in [5.41, 5.74) is -3.27. The van der Waals surface area contributed by atoms with E-state index in [0.29, 0.717) is 34.5 Å². The molecular formula is C79H112B2N4O23. The third kappa shape index (κ3) is 14.6. The van der Waals surface area contributed by atoms with E-state index >= 15 is 9.59 Å². The van der Waals surface area contributed by atoms with Gasteiger partial charge in [-0.3, -0.25) is 24.0 Å². The van der Waals surface area contributed by atoms with Crippen LogP contribution in [0.3, 0.4) is 0 Å². The van der Waals surface area contributed by atoms with Gasteiger partial charge in [-0.15, -0.1) is 0 Å². The lowest BCUT2D eigenvalue weighted by Gasteiger charge is -2.68. The van der Waals surface area contributed by atoms with Gasteiger partial charge in [0.15, 0.2) is 36.0 Å². The Morgan fingerprint density at radius 1 is 0.546 bits per heavy atom. The van der Waals surface area contributed by atoms with Gasteiger partial charge in [-0.05, 0) is 103 Å². The average molecular weight is 1510 g/mol. The van der Waals surface area contributed by atoms with Crippen LogP contribution >= 0.6 is 0 Å². The maximum absolute atomic E-state index is 15.6. The molecule has 0 spiro atoms. The Bertz CT molecular complexity index is 3780. The molecule has 2 heterocycles. The minimum absolute atomic E-state index is 0.0249. The molecule has 29 heteroatoms. The van der Waals surface area contributed by atoms with Crippen LogP contribution in [0.1, 0.15) is 172 Å². The Labute approximate surface area is 634 Å². The fourth-order valence-corrected chi connectivity index (χ4v) is 20.1. The molecular weight excluding hydrogens is 1390 g/mol. The number of ether oxygens (including phenoxy) is 9. The molecule has 0 aromatic heterocycles. The van der Waals surface area contributed by atoms with Gasteiger partial charge in [-0.25, -0.2) is 30.1 Å². The van der Waals surface area contributed by atoms with Gasteiger partial charge >= 0.3 is 42.0 Å². The summed E-state index contributed by atoms with van der Waals surface area (Å²) < 4.78 is 54.6. The van der Waals surface area contributed by atoms with Crippen LogP contribution in [0.15, 0.2) is 83.0 Å². The van der Waals surface area contributed by atoms with E-state index in [1.165, 1.54) is 9.80 Å². The Morgan fingerprint density at radius 3 is 1.25 bits per heavy atom. The molecule has 27 nitrogen and oxygen atoms in total. The van der Waals surface area contributed by atoms with E-state index in [1.807, 2.05) is 47.0 Å². The Kier molecular flexibility index (Phi) is 25.4.